The van der Waals surface area contributed by atoms with E-state index in [0.717, 1.165) is 6.42 Å². The highest BCUT2D eigenvalue weighted by molar-refractivity contribution is 5.79. The average molecular weight is 819 g/mol. The normalized spacial score (nSPS) is 53.6. The number of carbonyl (C=O) groups is 2. The number of aliphatic hydroxyl groups excluding tert-OH is 11. The first-order chi connectivity index (χ1) is 26.9. The van der Waals surface area contributed by atoms with Crippen LogP contribution in [0.2, 0.25) is 0 Å². The summed E-state index contributed by atoms with van der Waals surface area (Å²) in [6.45, 7) is 1.82. The number of rotatable bonds is 10. The minimum atomic E-state index is -1.86. The third-order valence-corrected chi connectivity index (χ3v) is 14.8. The van der Waals surface area contributed by atoms with Crippen molar-refractivity contribution in [1.82, 2.24) is 0 Å². The quantitative estimate of drug-likeness (QED) is 0.0573. The molecular weight excluding hydrogens is 760 g/mol. The second kappa shape index (κ2) is 15.9. The lowest BCUT2D eigenvalue weighted by atomic mass is 9.40. The molecule has 57 heavy (non-hydrogen) atoms. The van der Waals surface area contributed by atoms with Crippen LogP contribution in [0, 0.1) is 28.1 Å². The zero-order chi connectivity index (χ0) is 41.4. The molecule has 3 aliphatic heterocycles. The van der Waals surface area contributed by atoms with Crippen molar-refractivity contribution in [3.8, 4) is 0 Å². The van der Waals surface area contributed by atoms with Crippen molar-refractivity contribution in [2.24, 2.45) is 28.1 Å². The van der Waals surface area contributed by atoms with E-state index in [0.29, 0.717) is 50.4 Å². The molecule has 1 spiro atoms. The van der Waals surface area contributed by atoms with Gasteiger partial charge in [0.15, 0.2) is 12.6 Å². The third kappa shape index (κ3) is 6.92. The molecule has 3 saturated carbocycles. The van der Waals surface area contributed by atoms with Crippen LogP contribution in [0.25, 0.3) is 0 Å². The number of hydrogen-bond donors (Lipinski definition) is 11. The van der Waals surface area contributed by atoms with Crippen molar-refractivity contribution < 1.29 is 94.2 Å². The molecule has 0 aromatic heterocycles. The molecule has 0 aromatic rings. The molecule has 3 saturated heterocycles. The van der Waals surface area contributed by atoms with Crippen LogP contribution in [0.4, 0.5) is 0 Å². The molecule has 2 bridgehead atoms. The number of hydrogen-bond acceptors (Lipinski definition) is 19. The monoisotopic (exact) mass is 818 g/mol. The first kappa shape index (κ1) is 43.3. The van der Waals surface area contributed by atoms with Gasteiger partial charge in [-0.25, -0.2) is 0 Å². The second-order valence-corrected chi connectivity index (χ2v) is 17.8. The second-order valence-electron chi connectivity index (χ2n) is 17.8. The molecule has 6 fully saturated rings. The SMILES string of the molecule is CC1(C(=O)O[C@@H]2O[C@H](CO)[C@@H](O)[C@H](O)[C@H]2O)CCC[C@@]2(C)[C@H]1CC[C@@]13C=C(C=O)[C@](O[C@@H]4O[C@H](CO)[C@@H](O)[C@H](O)[C@H]4O[C@@H]4O[C@H](CO)[C@@H](O)[C@H](O)[C@H]4O)(CC[C@@H]12)C3. The first-order valence-electron chi connectivity index (χ1n) is 19.9. The minimum absolute atomic E-state index is 0.0522. The molecule has 1 unspecified atom stereocenters. The molecule has 7 aliphatic rings. The number of esters is 1. The highest BCUT2D eigenvalue weighted by Crippen LogP contribution is 2.72. The van der Waals surface area contributed by atoms with Crippen LogP contribution in [0.3, 0.4) is 0 Å². The summed E-state index contributed by atoms with van der Waals surface area (Å²) in [5, 5.41) is 114. The maximum Gasteiger partial charge on any atom is 0.314 e. The minimum Gasteiger partial charge on any atom is -0.432 e. The molecular formula is C38H58O19. The fourth-order valence-corrected chi connectivity index (χ4v) is 11.8. The van der Waals surface area contributed by atoms with Crippen LogP contribution in [0.15, 0.2) is 11.6 Å². The summed E-state index contributed by atoms with van der Waals surface area (Å²) in [6, 6.07) is 0. The Labute approximate surface area is 328 Å². The molecule has 21 atom stereocenters. The summed E-state index contributed by atoms with van der Waals surface area (Å²) >= 11 is 0. The van der Waals surface area contributed by atoms with Gasteiger partial charge in [0, 0.05) is 5.57 Å². The third-order valence-electron chi connectivity index (χ3n) is 14.8. The summed E-state index contributed by atoms with van der Waals surface area (Å²) < 4.78 is 35.3. The van der Waals surface area contributed by atoms with E-state index in [2.05, 4.69) is 6.92 Å². The summed E-state index contributed by atoms with van der Waals surface area (Å²) in [7, 11) is 0. The average Bonchev–Trinajstić information content (AvgIpc) is 3.42. The van der Waals surface area contributed by atoms with E-state index in [4.69, 9.17) is 28.4 Å². The van der Waals surface area contributed by atoms with Gasteiger partial charge in [-0.05, 0) is 74.5 Å². The molecule has 0 amide bonds. The van der Waals surface area contributed by atoms with E-state index in [1.807, 2.05) is 13.0 Å². The van der Waals surface area contributed by atoms with Crippen LogP contribution in [0.5, 0.6) is 0 Å². The van der Waals surface area contributed by atoms with Gasteiger partial charge >= 0.3 is 5.97 Å². The molecule has 0 radical (unpaired) electrons. The molecule has 0 aromatic carbocycles. The van der Waals surface area contributed by atoms with E-state index < -0.39 is 140 Å². The van der Waals surface area contributed by atoms with Gasteiger partial charge in [-0.2, -0.15) is 0 Å². The maximum atomic E-state index is 14.1. The molecule has 4 aliphatic carbocycles. The zero-order valence-electron chi connectivity index (χ0n) is 31.9. The summed E-state index contributed by atoms with van der Waals surface area (Å²) in [6.07, 6.45) is -17.7. The molecule has 11 N–H and O–H groups in total. The summed E-state index contributed by atoms with van der Waals surface area (Å²) in [5.41, 5.74) is -3.06. The van der Waals surface area contributed by atoms with Gasteiger partial charge < -0.3 is 84.6 Å². The van der Waals surface area contributed by atoms with Gasteiger partial charge in [-0.3, -0.25) is 9.59 Å². The summed E-state index contributed by atoms with van der Waals surface area (Å²) in [5.74, 6) is -0.903. The smallest absolute Gasteiger partial charge is 0.314 e. The van der Waals surface area contributed by atoms with Crippen LogP contribution in [-0.2, 0) is 38.0 Å². The number of fused-ring (bicyclic) bond motifs is 3. The topological polar surface area (TPSA) is 312 Å². The van der Waals surface area contributed by atoms with E-state index >= 15 is 0 Å². The Morgan fingerprint density at radius 2 is 1.25 bits per heavy atom. The van der Waals surface area contributed by atoms with E-state index in [1.54, 1.807) is 0 Å². The van der Waals surface area contributed by atoms with Crippen LogP contribution < -0.4 is 0 Å². The van der Waals surface area contributed by atoms with Crippen molar-refractivity contribution in [2.75, 3.05) is 19.8 Å². The standard InChI is InChI=1S/C38H58O19/c1-35-6-3-7-36(2,34(51)56-32-29(50)26(47)23(44)18(13-41)53-32)20(35)4-8-37-10-16(11-39)38(15-37,9-5-21(35)37)57-33-30(27(48)24(45)19(14-42)54-33)55-31-28(49)25(46)22(43)17(12-40)52-31/h10-11,17-33,40-50H,3-9,12-15H2,1-2H3/t17-,18-,19-,20-,21-,22-,23-,24-,25+,26+,27+,28-,29-,30-,31+,32+,33+,35+,36?,37+,38+/m1/s1. The van der Waals surface area contributed by atoms with E-state index in [-0.39, 0.29) is 18.3 Å². The largest absolute Gasteiger partial charge is 0.432 e. The van der Waals surface area contributed by atoms with Gasteiger partial charge in [0.2, 0.25) is 6.29 Å². The van der Waals surface area contributed by atoms with Crippen molar-refractivity contribution in [2.45, 2.75) is 163 Å². The lowest BCUT2D eigenvalue weighted by Crippen LogP contribution is -2.66. The molecule has 19 nitrogen and oxygen atoms in total. The highest BCUT2D eigenvalue weighted by Gasteiger charge is 2.68. The fourth-order valence-electron chi connectivity index (χ4n) is 11.8. The lowest BCUT2D eigenvalue weighted by molar-refractivity contribution is -0.378. The van der Waals surface area contributed by atoms with Gasteiger partial charge in [0.1, 0.15) is 85.1 Å². The van der Waals surface area contributed by atoms with Gasteiger partial charge in [0.25, 0.3) is 0 Å². The summed E-state index contributed by atoms with van der Waals surface area (Å²) in [4.78, 5) is 27.0. The molecule has 19 heteroatoms. The molecule has 324 valence electrons. The highest BCUT2D eigenvalue weighted by atomic mass is 16.8. The predicted molar refractivity (Wildman–Crippen MR) is 187 cm³/mol. The number of ether oxygens (including phenoxy) is 6. The van der Waals surface area contributed by atoms with Gasteiger partial charge in [-0.15, -0.1) is 0 Å². The Balaban J connectivity index is 1.12. The fraction of sp³-hybridized carbons (Fsp3) is 0.895. The number of allylic oxidation sites excluding steroid dienone is 1. The zero-order valence-corrected chi connectivity index (χ0v) is 31.9. The van der Waals surface area contributed by atoms with Crippen molar-refractivity contribution in [1.29, 1.82) is 0 Å². The number of carbonyl (C=O) groups excluding carboxylic acids is 2. The Bertz CT molecular complexity index is 1510. The number of aliphatic hydroxyl groups is 11. The lowest BCUT2D eigenvalue weighted by Gasteiger charge is -2.64. The van der Waals surface area contributed by atoms with Crippen LogP contribution >= 0.6 is 0 Å². The molecule has 3 heterocycles. The van der Waals surface area contributed by atoms with Gasteiger partial charge in [0.05, 0.1) is 25.2 Å². The van der Waals surface area contributed by atoms with Gasteiger partial charge in [-0.1, -0.05) is 19.4 Å². The van der Waals surface area contributed by atoms with E-state index in [1.165, 1.54) is 0 Å². The van der Waals surface area contributed by atoms with E-state index in [9.17, 15) is 65.8 Å². The Kier molecular flexibility index (Phi) is 12.1. The molecule has 7 rings (SSSR count). The maximum absolute atomic E-state index is 14.1. The Morgan fingerprint density at radius 1 is 0.702 bits per heavy atom. The Hall–Kier alpha value is -1.76. The van der Waals surface area contributed by atoms with Crippen LogP contribution in [-0.4, -0.2) is 186 Å². The predicted octanol–water partition coefficient (Wildman–Crippen LogP) is -3.76. The first-order valence-corrected chi connectivity index (χ1v) is 19.9. The van der Waals surface area contributed by atoms with Crippen molar-refractivity contribution >= 4 is 12.3 Å². The van der Waals surface area contributed by atoms with Crippen LogP contribution in [0.1, 0.15) is 65.2 Å². The van der Waals surface area contributed by atoms with Crippen molar-refractivity contribution in [3.05, 3.63) is 11.6 Å². The Morgan fingerprint density at radius 3 is 1.84 bits per heavy atom. The number of aldehydes is 1. The van der Waals surface area contributed by atoms with Crippen molar-refractivity contribution in [3.63, 3.8) is 0 Å².